The number of hydrogen-bond donors (Lipinski definition) is 1. The zero-order valence-electron chi connectivity index (χ0n) is 12.5. The molecule has 0 saturated heterocycles. The van der Waals surface area contributed by atoms with Crippen molar-refractivity contribution in [3.63, 3.8) is 0 Å². The monoisotopic (exact) mass is 456 g/mol. The second-order valence-corrected chi connectivity index (χ2v) is 6.92. The van der Waals surface area contributed by atoms with Crippen LogP contribution in [-0.2, 0) is 12.3 Å². The highest BCUT2D eigenvalue weighted by Gasteiger charge is 2.12. The van der Waals surface area contributed by atoms with Crippen molar-refractivity contribution in [2.45, 2.75) is 12.3 Å². The number of benzene rings is 1. The maximum atomic E-state index is 4.60. The van der Waals surface area contributed by atoms with Crippen LogP contribution in [0.3, 0.4) is 0 Å². The van der Waals surface area contributed by atoms with Crippen LogP contribution in [0.15, 0.2) is 58.3 Å². The molecule has 7 heteroatoms. The lowest BCUT2D eigenvalue weighted by molar-refractivity contribution is 0.258. The van der Waals surface area contributed by atoms with Crippen LogP contribution >= 0.6 is 44.7 Å². The van der Waals surface area contributed by atoms with Gasteiger partial charge in [0.15, 0.2) is 5.17 Å². The highest BCUT2D eigenvalue weighted by atomic mass is 79.9. The largest absolute Gasteiger partial charge is 0.352 e. The molecule has 0 bridgehead atoms. The van der Waals surface area contributed by atoms with Crippen molar-refractivity contribution in [1.82, 2.24) is 15.2 Å². The number of pyridine rings is 1. The van der Waals surface area contributed by atoms with Crippen molar-refractivity contribution < 1.29 is 0 Å². The van der Waals surface area contributed by atoms with E-state index in [4.69, 9.17) is 0 Å². The minimum absolute atomic E-state index is 0. The van der Waals surface area contributed by atoms with Crippen molar-refractivity contribution in [3.05, 3.63) is 64.4 Å². The first-order valence-corrected chi connectivity index (χ1v) is 8.84. The van der Waals surface area contributed by atoms with Crippen LogP contribution in [0, 0.1) is 0 Å². The van der Waals surface area contributed by atoms with E-state index in [1.165, 1.54) is 11.1 Å². The van der Waals surface area contributed by atoms with Crippen LogP contribution in [0.4, 0.5) is 0 Å². The second kappa shape index (κ2) is 9.42. The van der Waals surface area contributed by atoms with Crippen molar-refractivity contribution in [3.8, 4) is 0 Å². The van der Waals surface area contributed by atoms with Gasteiger partial charge < -0.3 is 5.32 Å². The molecule has 0 unspecified atom stereocenters. The van der Waals surface area contributed by atoms with Crippen molar-refractivity contribution in [2.24, 2.45) is 4.99 Å². The molecule has 23 heavy (non-hydrogen) atoms. The Kier molecular flexibility index (Phi) is 7.55. The zero-order chi connectivity index (χ0) is 15.2. The van der Waals surface area contributed by atoms with Crippen LogP contribution in [0.2, 0.25) is 0 Å². The number of thioether (sulfide) groups is 1. The molecule has 0 aliphatic carbocycles. The molecular formula is C16H18Br2N4S. The van der Waals surface area contributed by atoms with Crippen molar-refractivity contribution in [1.29, 1.82) is 0 Å². The summed E-state index contributed by atoms with van der Waals surface area (Å²) in [6.07, 6.45) is 3.70. The summed E-state index contributed by atoms with van der Waals surface area (Å²) in [6, 6.07) is 12.5. The van der Waals surface area contributed by atoms with E-state index in [0.29, 0.717) is 0 Å². The van der Waals surface area contributed by atoms with E-state index in [1.807, 2.05) is 12.3 Å². The van der Waals surface area contributed by atoms with Crippen LogP contribution in [0.5, 0.6) is 0 Å². The smallest absolute Gasteiger partial charge is 0.159 e. The number of aromatic nitrogens is 1. The summed E-state index contributed by atoms with van der Waals surface area (Å²) in [4.78, 5) is 11.0. The third-order valence-electron chi connectivity index (χ3n) is 3.29. The predicted octanol–water partition coefficient (Wildman–Crippen LogP) is 4.03. The molecule has 0 amide bonds. The van der Waals surface area contributed by atoms with Gasteiger partial charge in [0, 0.05) is 29.2 Å². The summed E-state index contributed by atoms with van der Waals surface area (Å²) in [7, 11) is 0. The van der Waals surface area contributed by atoms with Gasteiger partial charge in [-0.3, -0.25) is 9.88 Å². The molecule has 2 aromatic rings. The van der Waals surface area contributed by atoms with Gasteiger partial charge in [-0.2, -0.15) is 0 Å². The van der Waals surface area contributed by atoms with E-state index in [1.54, 1.807) is 18.0 Å². The Balaban J connectivity index is 0.00000192. The first-order valence-electron chi connectivity index (χ1n) is 7.06. The summed E-state index contributed by atoms with van der Waals surface area (Å²) < 4.78 is 1.11. The van der Waals surface area contributed by atoms with Crippen LogP contribution < -0.4 is 5.32 Å². The summed E-state index contributed by atoms with van der Waals surface area (Å²) in [5, 5.41) is 4.40. The van der Waals surface area contributed by atoms with Gasteiger partial charge in [0.1, 0.15) is 0 Å². The van der Waals surface area contributed by atoms with Gasteiger partial charge in [-0.05, 0) is 29.3 Å². The van der Waals surface area contributed by atoms with E-state index >= 15 is 0 Å². The first-order chi connectivity index (χ1) is 10.8. The lowest BCUT2D eigenvalue weighted by Gasteiger charge is -2.26. The number of nitrogens with one attached hydrogen (secondary N) is 1. The Hall–Kier alpha value is -0.890. The molecule has 1 aromatic heterocycles. The summed E-state index contributed by atoms with van der Waals surface area (Å²) in [6.45, 7) is 2.42. The van der Waals surface area contributed by atoms with Gasteiger partial charge in [-0.1, -0.05) is 45.9 Å². The van der Waals surface area contributed by atoms with E-state index in [-0.39, 0.29) is 17.0 Å². The molecular weight excluding hydrogens is 440 g/mol. The number of halogens is 2. The fourth-order valence-corrected chi connectivity index (χ4v) is 3.21. The summed E-state index contributed by atoms with van der Waals surface area (Å²) >= 11 is 5.20. The molecule has 1 aliphatic heterocycles. The zero-order valence-corrected chi connectivity index (χ0v) is 16.6. The maximum absolute atomic E-state index is 4.60. The minimum atomic E-state index is 0. The van der Waals surface area contributed by atoms with Crippen LogP contribution in [0.1, 0.15) is 11.1 Å². The molecule has 2 heterocycles. The molecule has 122 valence electrons. The number of hydrogen-bond acceptors (Lipinski definition) is 5. The number of amidine groups is 1. The molecule has 3 rings (SSSR count). The van der Waals surface area contributed by atoms with Crippen molar-refractivity contribution in [2.75, 3.05) is 13.3 Å². The highest BCUT2D eigenvalue weighted by Crippen LogP contribution is 2.17. The highest BCUT2D eigenvalue weighted by molar-refractivity contribution is 9.10. The Morgan fingerprint density at radius 2 is 2.00 bits per heavy atom. The quantitative estimate of drug-likeness (QED) is 0.752. The van der Waals surface area contributed by atoms with E-state index in [9.17, 15) is 0 Å². The van der Waals surface area contributed by atoms with Gasteiger partial charge in [0.05, 0.1) is 13.3 Å². The Bertz CT molecular complexity index is 634. The van der Waals surface area contributed by atoms with E-state index in [0.717, 1.165) is 35.3 Å². The van der Waals surface area contributed by atoms with Gasteiger partial charge in [-0.15, -0.1) is 17.0 Å². The first kappa shape index (κ1) is 18.4. The molecule has 1 aliphatic rings. The number of rotatable bonds is 4. The normalized spacial score (nSPS) is 14.6. The standard InChI is InChI=1S/C16H17BrN4S.BrH/c17-15-5-3-13(4-6-15)10-22-16-19-11-21(12-20-16)9-14-2-1-7-18-8-14;/h1-8H,9-12H2,(H,19,20);1H. The van der Waals surface area contributed by atoms with Gasteiger partial charge in [0.25, 0.3) is 0 Å². The molecule has 0 atom stereocenters. The fourth-order valence-electron chi connectivity index (χ4n) is 2.13. The molecule has 1 aromatic carbocycles. The summed E-state index contributed by atoms with van der Waals surface area (Å²) in [5.41, 5.74) is 2.51. The van der Waals surface area contributed by atoms with Crippen LogP contribution in [-0.4, -0.2) is 28.4 Å². The average Bonchev–Trinajstić information content (AvgIpc) is 2.57. The molecule has 0 saturated carbocycles. The molecule has 0 radical (unpaired) electrons. The second-order valence-electron chi connectivity index (χ2n) is 5.04. The van der Waals surface area contributed by atoms with Gasteiger partial charge >= 0.3 is 0 Å². The molecule has 4 nitrogen and oxygen atoms in total. The maximum Gasteiger partial charge on any atom is 0.159 e. The summed E-state index contributed by atoms with van der Waals surface area (Å²) in [5.74, 6) is 0.932. The Morgan fingerprint density at radius 1 is 1.17 bits per heavy atom. The van der Waals surface area contributed by atoms with E-state index < -0.39 is 0 Å². The SMILES string of the molecule is Br.Brc1ccc(CSC2=NCN(Cc3cccnc3)CN2)cc1. The lowest BCUT2D eigenvalue weighted by atomic mass is 10.2. The number of nitrogens with zero attached hydrogens (tertiary/aromatic N) is 3. The molecule has 1 N–H and O–H groups in total. The number of aliphatic imine (C=N–C) groups is 1. The third kappa shape index (κ3) is 5.91. The van der Waals surface area contributed by atoms with Crippen molar-refractivity contribution >= 4 is 49.8 Å². The average molecular weight is 458 g/mol. The topological polar surface area (TPSA) is 40.5 Å². The van der Waals surface area contributed by atoms with Gasteiger partial charge in [0.2, 0.25) is 0 Å². The minimum Gasteiger partial charge on any atom is -0.352 e. The predicted molar refractivity (Wildman–Crippen MR) is 106 cm³/mol. The van der Waals surface area contributed by atoms with Gasteiger partial charge in [-0.25, -0.2) is 4.99 Å². The molecule has 0 fully saturated rings. The third-order valence-corrected chi connectivity index (χ3v) is 4.84. The molecule has 0 spiro atoms. The Morgan fingerprint density at radius 3 is 2.65 bits per heavy atom. The fraction of sp³-hybridized carbons (Fsp3) is 0.250. The Labute approximate surface area is 159 Å². The lowest BCUT2D eigenvalue weighted by Crippen LogP contribution is -2.41. The van der Waals surface area contributed by atoms with E-state index in [2.05, 4.69) is 66.5 Å². The van der Waals surface area contributed by atoms with Crippen LogP contribution in [0.25, 0.3) is 0 Å².